The van der Waals surface area contributed by atoms with Crippen molar-refractivity contribution in [2.75, 3.05) is 5.75 Å². The Hall–Kier alpha value is -1.98. The zero-order valence-electron chi connectivity index (χ0n) is 11.5. The van der Waals surface area contributed by atoms with E-state index >= 15 is 0 Å². The molecule has 0 bridgehead atoms. The number of nitrogens with one attached hydrogen (secondary N) is 1. The maximum Gasteiger partial charge on any atom is 0.269 e. The van der Waals surface area contributed by atoms with E-state index in [0.29, 0.717) is 16.3 Å². The van der Waals surface area contributed by atoms with Crippen LogP contribution >= 0.6 is 23.4 Å². The van der Waals surface area contributed by atoms with Gasteiger partial charge in [0.05, 0.1) is 5.75 Å². The van der Waals surface area contributed by atoms with E-state index in [1.165, 1.54) is 16.8 Å². The third-order valence-corrected chi connectivity index (χ3v) is 4.75. The second-order valence-corrected chi connectivity index (χ2v) is 6.29. The van der Waals surface area contributed by atoms with Crippen LogP contribution in [0.15, 0.2) is 54.6 Å². The van der Waals surface area contributed by atoms with Gasteiger partial charge in [0.1, 0.15) is 5.37 Å². The summed E-state index contributed by atoms with van der Waals surface area (Å²) in [5, 5.41) is 1.79. The van der Waals surface area contributed by atoms with Crippen LogP contribution in [0.1, 0.15) is 21.3 Å². The molecule has 1 heterocycles. The topological polar surface area (TPSA) is 49.4 Å². The van der Waals surface area contributed by atoms with Crippen LogP contribution < -0.4 is 5.43 Å². The smallest absolute Gasteiger partial charge is 0.269 e. The molecule has 1 saturated heterocycles. The Morgan fingerprint density at radius 1 is 1.14 bits per heavy atom. The molecule has 112 valence electrons. The van der Waals surface area contributed by atoms with Crippen molar-refractivity contribution >= 4 is 35.2 Å². The number of nitrogens with zero attached hydrogens (tertiary/aromatic N) is 1. The first-order valence-corrected chi connectivity index (χ1v) is 8.13. The largest absolute Gasteiger partial charge is 0.272 e. The molecule has 22 heavy (non-hydrogen) atoms. The van der Waals surface area contributed by atoms with Crippen LogP contribution in [0.25, 0.3) is 0 Å². The number of hydrazine groups is 1. The minimum Gasteiger partial charge on any atom is -0.272 e. The molecule has 2 aromatic rings. The minimum atomic E-state index is -0.296. The van der Waals surface area contributed by atoms with Gasteiger partial charge in [0.25, 0.3) is 11.8 Å². The summed E-state index contributed by atoms with van der Waals surface area (Å²) in [5.41, 5.74) is 4.14. The summed E-state index contributed by atoms with van der Waals surface area (Å²) < 4.78 is 0. The molecule has 2 aromatic carbocycles. The summed E-state index contributed by atoms with van der Waals surface area (Å²) in [6.45, 7) is 0. The SMILES string of the molecule is O=C(NN1C(=O)CSC1c1ccc(Cl)cc1)c1ccccc1. The predicted molar refractivity (Wildman–Crippen MR) is 87.4 cm³/mol. The van der Waals surface area contributed by atoms with Crippen molar-refractivity contribution in [1.82, 2.24) is 10.4 Å². The number of halogens is 1. The van der Waals surface area contributed by atoms with Gasteiger partial charge in [0.2, 0.25) is 0 Å². The lowest BCUT2D eigenvalue weighted by molar-refractivity contribution is -0.130. The van der Waals surface area contributed by atoms with E-state index in [-0.39, 0.29) is 17.2 Å². The molecule has 1 fully saturated rings. The first kappa shape index (κ1) is 14.9. The van der Waals surface area contributed by atoms with Gasteiger partial charge in [0.15, 0.2) is 0 Å². The zero-order chi connectivity index (χ0) is 15.5. The predicted octanol–water partition coefficient (Wildman–Crippen LogP) is 3.26. The molecule has 0 aromatic heterocycles. The van der Waals surface area contributed by atoms with E-state index in [1.54, 1.807) is 36.4 Å². The van der Waals surface area contributed by atoms with Crippen LogP contribution in [0, 0.1) is 0 Å². The van der Waals surface area contributed by atoms with Crippen LogP contribution in [0.2, 0.25) is 5.02 Å². The molecule has 4 nitrogen and oxygen atoms in total. The van der Waals surface area contributed by atoms with Crippen molar-refractivity contribution in [3.8, 4) is 0 Å². The van der Waals surface area contributed by atoms with Crippen molar-refractivity contribution < 1.29 is 9.59 Å². The number of hydrogen-bond acceptors (Lipinski definition) is 3. The van der Waals surface area contributed by atoms with Crippen molar-refractivity contribution in [3.63, 3.8) is 0 Å². The summed E-state index contributed by atoms with van der Waals surface area (Å²) in [4.78, 5) is 24.3. The highest BCUT2D eigenvalue weighted by Crippen LogP contribution is 2.37. The first-order valence-electron chi connectivity index (χ1n) is 6.70. The molecular formula is C16H13ClN2O2S. The fourth-order valence-corrected chi connectivity index (χ4v) is 3.42. The van der Waals surface area contributed by atoms with Crippen molar-refractivity contribution in [2.45, 2.75) is 5.37 Å². The van der Waals surface area contributed by atoms with Gasteiger partial charge in [-0.25, -0.2) is 5.01 Å². The first-order chi connectivity index (χ1) is 10.6. The van der Waals surface area contributed by atoms with E-state index in [9.17, 15) is 9.59 Å². The molecular weight excluding hydrogens is 320 g/mol. The number of thioether (sulfide) groups is 1. The van der Waals surface area contributed by atoms with Crippen molar-refractivity contribution in [3.05, 3.63) is 70.7 Å². The maximum atomic E-state index is 12.2. The molecule has 1 aliphatic rings. The molecule has 0 spiro atoms. The van der Waals surface area contributed by atoms with E-state index < -0.39 is 0 Å². The van der Waals surface area contributed by atoms with Gasteiger partial charge < -0.3 is 0 Å². The third kappa shape index (κ3) is 3.10. The second kappa shape index (κ2) is 6.42. The summed E-state index contributed by atoms with van der Waals surface area (Å²) >= 11 is 7.36. The van der Waals surface area contributed by atoms with E-state index in [1.807, 2.05) is 18.2 Å². The Kier molecular flexibility index (Phi) is 4.36. The zero-order valence-corrected chi connectivity index (χ0v) is 13.1. The molecule has 0 aliphatic carbocycles. The Labute approximate surface area is 137 Å². The summed E-state index contributed by atoms with van der Waals surface area (Å²) in [6.07, 6.45) is 0. The van der Waals surface area contributed by atoms with Gasteiger partial charge in [0, 0.05) is 10.6 Å². The molecule has 6 heteroatoms. The molecule has 3 rings (SSSR count). The quantitative estimate of drug-likeness (QED) is 0.938. The van der Waals surface area contributed by atoms with E-state index in [4.69, 9.17) is 11.6 Å². The van der Waals surface area contributed by atoms with Gasteiger partial charge in [-0.15, -0.1) is 11.8 Å². The Morgan fingerprint density at radius 3 is 2.50 bits per heavy atom. The van der Waals surface area contributed by atoms with Crippen LogP contribution in [-0.4, -0.2) is 22.6 Å². The lowest BCUT2D eigenvalue weighted by atomic mass is 10.2. The second-order valence-electron chi connectivity index (χ2n) is 4.79. The number of hydrogen-bond donors (Lipinski definition) is 1. The van der Waals surface area contributed by atoms with Crippen molar-refractivity contribution in [1.29, 1.82) is 0 Å². The van der Waals surface area contributed by atoms with Gasteiger partial charge in [-0.1, -0.05) is 41.9 Å². The fourth-order valence-electron chi connectivity index (χ4n) is 2.18. The lowest BCUT2D eigenvalue weighted by Crippen LogP contribution is -2.44. The Bertz CT molecular complexity index is 691. The number of carbonyl (C=O) groups excluding carboxylic acids is 2. The van der Waals surface area contributed by atoms with Crippen LogP contribution in [0.5, 0.6) is 0 Å². The van der Waals surface area contributed by atoms with Crippen LogP contribution in [0.4, 0.5) is 0 Å². The number of carbonyl (C=O) groups is 2. The van der Waals surface area contributed by atoms with Gasteiger partial charge in [-0.2, -0.15) is 0 Å². The Balaban J connectivity index is 1.79. The highest BCUT2D eigenvalue weighted by molar-refractivity contribution is 8.00. The van der Waals surface area contributed by atoms with Gasteiger partial charge in [-0.3, -0.25) is 15.0 Å². The molecule has 1 atom stereocenters. The maximum absolute atomic E-state index is 12.2. The van der Waals surface area contributed by atoms with Gasteiger partial charge >= 0.3 is 0 Å². The highest BCUT2D eigenvalue weighted by atomic mass is 35.5. The molecule has 1 unspecified atom stereocenters. The van der Waals surface area contributed by atoms with E-state index in [0.717, 1.165) is 5.56 Å². The molecule has 1 N–H and O–H groups in total. The normalized spacial score (nSPS) is 17.6. The number of rotatable bonds is 3. The average Bonchev–Trinajstić information content (AvgIpc) is 2.90. The lowest BCUT2D eigenvalue weighted by Gasteiger charge is -2.24. The van der Waals surface area contributed by atoms with Crippen molar-refractivity contribution in [2.24, 2.45) is 0 Å². The fraction of sp³-hybridized carbons (Fsp3) is 0.125. The molecule has 0 saturated carbocycles. The summed E-state index contributed by atoms with van der Waals surface area (Å²) in [7, 11) is 0. The minimum absolute atomic E-state index is 0.116. The average molecular weight is 333 g/mol. The van der Waals surface area contributed by atoms with Gasteiger partial charge in [-0.05, 0) is 29.8 Å². The van der Waals surface area contributed by atoms with Crippen LogP contribution in [-0.2, 0) is 4.79 Å². The standard InChI is InChI=1S/C16H13ClN2O2S/c17-13-8-6-12(7-9-13)16-19(14(20)10-22-16)18-15(21)11-4-2-1-3-5-11/h1-9,16H,10H2,(H,18,21). The summed E-state index contributed by atoms with van der Waals surface area (Å²) in [6, 6.07) is 16.1. The van der Waals surface area contributed by atoms with Crippen LogP contribution in [0.3, 0.4) is 0 Å². The summed E-state index contributed by atoms with van der Waals surface area (Å²) in [5.74, 6) is -0.0767. The molecule has 2 amide bonds. The molecule has 1 aliphatic heterocycles. The highest BCUT2D eigenvalue weighted by Gasteiger charge is 2.34. The van der Waals surface area contributed by atoms with E-state index in [2.05, 4.69) is 5.43 Å². The monoisotopic (exact) mass is 332 g/mol. The Morgan fingerprint density at radius 2 is 1.82 bits per heavy atom. The number of benzene rings is 2. The number of amides is 2. The third-order valence-electron chi connectivity index (χ3n) is 3.28. The molecule has 0 radical (unpaired) electrons.